The number of nitrogens with two attached hydrogens (primary N) is 5. The van der Waals surface area contributed by atoms with Crippen LogP contribution < -0.4 is 60.6 Å². The van der Waals surface area contributed by atoms with Crippen LogP contribution >= 0.6 is 0 Å². The monoisotopic (exact) mass is 785 g/mol. The number of amides is 6. The van der Waals surface area contributed by atoms with Gasteiger partial charge in [0.2, 0.25) is 35.4 Å². The van der Waals surface area contributed by atoms with Crippen molar-refractivity contribution in [3.8, 4) is 0 Å². The fourth-order valence-electron chi connectivity index (χ4n) is 5.37. The summed E-state index contributed by atoms with van der Waals surface area (Å²) in [6.45, 7) is 9.34. The second kappa shape index (κ2) is 27.9. The molecule has 0 rings (SSSR count). The second-order valence-corrected chi connectivity index (χ2v) is 14.5. The minimum Gasteiger partial charge on any atom is -0.480 e. The maximum Gasteiger partial charge on any atom is 0.326 e. The highest BCUT2D eigenvalue weighted by Crippen LogP contribution is 2.09. The number of aliphatic imine (C=N–C) groups is 1. The molecular weight excluding hydrogens is 716 g/mol. The van der Waals surface area contributed by atoms with E-state index in [1.165, 1.54) is 6.92 Å². The number of guanidine groups is 1. The Kier molecular flexibility index (Phi) is 25.6. The summed E-state index contributed by atoms with van der Waals surface area (Å²) in [7, 11) is 0. The highest BCUT2D eigenvalue weighted by molar-refractivity contribution is 5.96. The number of carbonyl (C=O) groups is 7. The normalized spacial score (nSPS) is 14.4. The largest absolute Gasteiger partial charge is 0.480 e. The summed E-state index contributed by atoms with van der Waals surface area (Å²) in [6.07, 6.45) is 3.24. The van der Waals surface area contributed by atoms with Gasteiger partial charge < -0.3 is 65.7 Å². The Bertz CT molecular complexity index is 1260. The van der Waals surface area contributed by atoms with Gasteiger partial charge in [0.15, 0.2) is 5.96 Å². The lowest BCUT2D eigenvalue weighted by Gasteiger charge is -2.26. The summed E-state index contributed by atoms with van der Waals surface area (Å²) < 4.78 is 0. The van der Waals surface area contributed by atoms with E-state index in [-0.39, 0.29) is 56.4 Å². The molecule has 6 amide bonds. The molecule has 0 radical (unpaired) electrons. The SMILES string of the molecule is CC(C)C[C@H](NC(=O)CNC(=O)[C@@H](N)CC(C)C)C(=O)N[C@@H](CCCCN)C(=O)N[C@@H](C)C(=O)N[C@@H](CCCN=C(N)N)C(=O)N[C@@H](CCCCN)C(=O)O. The predicted octanol–water partition coefficient (Wildman–Crippen LogP) is -2.64. The third-order valence-corrected chi connectivity index (χ3v) is 8.32. The van der Waals surface area contributed by atoms with E-state index in [0.29, 0.717) is 45.2 Å². The lowest BCUT2D eigenvalue weighted by Crippen LogP contribution is -2.58. The fourth-order valence-corrected chi connectivity index (χ4v) is 5.37. The number of rotatable bonds is 29. The van der Waals surface area contributed by atoms with Crippen molar-refractivity contribution in [1.82, 2.24) is 31.9 Å². The summed E-state index contributed by atoms with van der Waals surface area (Å²) >= 11 is 0. The number of carbonyl (C=O) groups excluding carboxylic acids is 6. The highest BCUT2D eigenvalue weighted by Gasteiger charge is 2.31. The van der Waals surface area contributed by atoms with Crippen LogP contribution in [-0.4, -0.2) is 115 Å². The number of hydrogen-bond acceptors (Lipinski definition) is 11. The Morgan fingerprint density at radius 3 is 1.56 bits per heavy atom. The van der Waals surface area contributed by atoms with Crippen LogP contribution in [0.4, 0.5) is 0 Å². The van der Waals surface area contributed by atoms with Gasteiger partial charge in [-0.05, 0) is 96.1 Å². The van der Waals surface area contributed by atoms with Gasteiger partial charge in [-0.15, -0.1) is 0 Å². The summed E-state index contributed by atoms with van der Waals surface area (Å²) in [5.41, 5.74) is 27.8. The van der Waals surface area contributed by atoms with Crippen molar-refractivity contribution in [1.29, 1.82) is 0 Å². The molecule has 0 aromatic rings. The molecule has 0 bridgehead atoms. The first-order chi connectivity index (χ1) is 25.8. The Hall–Kier alpha value is -4.56. The number of aliphatic carboxylic acids is 1. The van der Waals surface area contributed by atoms with Gasteiger partial charge >= 0.3 is 5.97 Å². The van der Waals surface area contributed by atoms with Crippen molar-refractivity contribution >= 4 is 47.4 Å². The van der Waals surface area contributed by atoms with Crippen LogP contribution in [0.2, 0.25) is 0 Å². The van der Waals surface area contributed by atoms with Crippen molar-refractivity contribution in [2.75, 3.05) is 26.2 Å². The number of nitrogens with one attached hydrogen (secondary N) is 6. The topological polar surface area (TPSA) is 354 Å². The molecule has 0 unspecified atom stereocenters. The number of unbranched alkanes of at least 4 members (excludes halogenated alkanes) is 2. The zero-order valence-corrected chi connectivity index (χ0v) is 33.2. The van der Waals surface area contributed by atoms with Gasteiger partial charge in [-0.3, -0.25) is 33.8 Å². The molecule has 0 aliphatic carbocycles. The van der Waals surface area contributed by atoms with Crippen molar-refractivity contribution in [2.45, 2.75) is 135 Å². The minimum atomic E-state index is -1.25. The molecule has 0 aliphatic rings. The lowest BCUT2D eigenvalue weighted by atomic mass is 10.0. The second-order valence-electron chi connectivity index (χ2n) is 14.5. The smallest absolute Gasteiger partial charge is 0.326 e. The number of carboxylic acid groups (broad SMARTS) is 1. The van der Waals surface area contributed by atoms with Crippen LogP contribution in [0.3, 0.4) is 0 Å². The van der Waals surface area contributed by atoms with E-state index in [0.717, 1.165) is 0 Å². The van der Waals surface area contributed by atoms with Crippen LogP contribution in [0.1, 0.15) is 98.8 Å². The molecule has 0 heterocycles. The first kappa shape index (κ1) is 50.4. The van der Waals surface area contributed by atoms with Crippen molar-refractivity contribution in [3.05, 3.63) is 0 Å². The average Bonchev–Trinajstić information content (AvgIpc) is 3.09. The van der Waals surface area contributed by atoms with Crippen LogP contribution in [0.5, 0.6) is 0 Å². The van der Waals surface area contributed by atoms with Crippen molar-refractivity contribution < 1.29 is 38.7 Å². The first-order valence-corrected chi connectivity index (χ1v) is 19.0. The highest BCUT2D eigenvalue weighted by atomic mass is 16.4. The van der Waals surface area contributed by atoms with Gasteiger partial charge in [-0.25, -0.2) is 4.79 Å². The number of nitrogens with zero attached hydrogens (tertiary/aromatic N) is 1. The predicted molar refractivity (Wildman–Crippen MR) is 209 cm³/mol. The van der Waals surface area contributed by atoms with Crippen LogP contribution in [0.15, 0.2) is 4.99 Å². The van der Waals surface area contributed by atoms with E-state index in [1.54, 1.807) is 0 Å². The number of hydrogen-bond donors (Lipinski definition) is 12. The van der Waals surface area contributed by atoms with Gasteiger partial charge in [0.25, 0.3) is 0 Å². The standard InChI is InChI=1S/C35H68N12O8/c1-20(2)17-23(38)30(50)42-19-28(48)44-27(18-21(3)4)33(53)46-24(11-6-8-14-36)31(51)43-22(5)29(49)45-25(13-10-16-41-35(39)40)32(52)47-26(34(54)55)12-7-9-15-37/h20-27H,6-19,36-38H2,1-5H3,(H,42,50)(H,43,51)(H,44,48)(H,45,49)(H,46,53)(H,47,52)(H,54,55)(H4,39,40,41)/t22-,23-,24-,25-,26-,27-/m0/s1. The van der Waals surface area contributed by atoms with Crippen molar-refractivity contribution in [3.63, 3.8) is 0 Å². The van der Waals surface area contributed by atoms with E-state index in [4.69, 9.17) is 28.7 Å². The Morgan fingerprint density at radius 2 is 1.05 bits per heavy atom. The summed E-state index contributed by atoms with van der Waals surface area (Å²) in [5, 5.41) is 25.0. The molecule has 0 saturated heterocycles. The molecule has 55 heavy (non-hydrogen) atoms. The quantitative estimate of drug-likeness (QED) is 0.0210. The molecule has 0 spiro atoms. The van der Waals surface area contributed by atoms with E-state index < -0.39 is 84.2 Å². The zero-order valence-electron chi connectivity index (χ0n) is 33.2. The maximum absolute atomic E-state index is 13.5. The molecule has 20 heteroatoms. The fraction of sp³-hybridized carbons (Fsp3) is 0.771. The van der Waals surface area contributed by atoms with Crippen LogP contribution in [-0.2, 0) is 33.6 Å². The molecule has 0 saturated carbocycles. The zero-order chi connectivity index (χ0) is 42.1. The lowest BCUT2D eigenvalue weighted by molar-refractivity contribution is -0.142. The van der Waals surface area contributed by atoms with Gasteiger partial charge in [0.1, 0.15) is 30.2 Å². The molecule has 17 N–H and O–H groups in total. The molecule has 0 aromatic heterocycles. The molecule has 6 atom stereocenters. The van der Waals surface area contributed by atoms with Gasteiger partial charge in [0, 0.05) is 6.54 Å². The van der Waals surface area contributed by atoms with Gasteiger partial charge in [-0.2, -0.15) is 0 Å². The molecule has 316 valence electrons. The number of carboxylic acids is 1. The summed E-state index contributed by atoms with van der Waals surface area (Å²) in [6, 6.07) is -6.60. The minimum absolute atomic E-state index is 0.0410. The van der Waals surface area contributed by atoms with E-state index >= 15 is 0 Å². The molecular formula is C35H68N12O8. The summed E-state index contributed by atoms with van der Waals surface area (Å²) in [4.78, 5) is 94.4. The molecule has 0 aliphatic heterocycles. The Morgan fingerprint density at radius 1 is 0.582 bits per heavy atom. The Labute approximate surface area is 324 Å². The average molecular weight is 785 g/mol. The maximum atomic E-state index is 13.5. The molecule has 0 aromatic carbocycles. The Balaban J connectivity index is 5.86. The first-order valence-electron chi connectivity index (χ1n) is 19.0. The van der Waals surface area contributed by atoms with Gasteiger partial charge in [0.05, 0.1) is 12.6 Å². The van der Waals surface area contributed by atoms with Crippen LogP contribution in [0, 0.1) is 11.8 Å². The molecule has 0 fully saturated rings. The third kappa shape index (κ3) is 23.1. The molecule has 20 nitrogen and oxygen atoms in total. The van der Waals surface area contributed by atoms with Crippen molar-refractivity contribution in [2.24, 2.45) is 45.5 Å². The van der Waals surface area contributed by atoms with E-state index in [9.17, 15) is 38.7 Å². The van der Waals surface area contributed by atoms with Crippen LogP contribution in [0.25, 0.3) is 0 Å². The summed E-state index contributed by atoms with van der Waals surface area (Å²) in [5.74, 6) is -5.25. The third-order valence-electron chi connectivity index (χ3n) is 8.32. The van der Waals surface area contributed by atoms with E-state index in [2.05, 4.69) is 36.9 Å². The van der Waals surface area contributed by atoms with Gasteiger partial charge in [-0.1, -0.05) is 27.7 Å². The van der Waals surface area contributed by atoms with E-state index in [1.807, 2.05) is 27.7 Å².